The van der Waals surface area contributed by atoms with Gasteiger partial charge in [0, 0.05) is 5.02 Å². The van der Waals surface area contributed by atoms with Crippen molar-refractivity contribution in [2.45, 2.75) is 13.5 Å². The maximum Gasteiger partial charge on any atom is 0.335 e. The third-order valence-corrected chi connectivity index (χ3v) is 5.21. The van der Waals surface area contributed by atoms with Crippen LogP contribution >= 0.6 is 11.6 Å². The smallest absolute Gasteiger partial charge is 0.335 e. The predicted molar refractivity (Wildman–Crippen MR) is 129 cm³/mol. The molecule has 0 unspecified atom stereocenters. The lowest BCUT2D eigenvalue weighted by Crippen LogP contribution is -2.54. The Balaban J connectivity index is 1.61. The van der Waals surface area contributed by atoms with Gasteiger partial charge in [-0.1, -0.05) is 48.0 Å². The van der Waals surface area contributed by atoms with Crippen molar-refractivity contribution in [2.75, 3.05) is 11.5 Å². The molecule has 0 radical (unpaired) electrons. The molecular weight excluding hydrogens is 456 g/mol. The summed E-state index contributed by atoms with van der Waals surface area (Å²) in [7, 11) is 0. The summed E-state index contributed by atoms with van der Waals surface area (Å²) in [5.74, 6) is -0.511. The van der Waals surface area contributed by atoms with Gasteiger partial charge in [-0.25, -0.2) is 9.69 Å². The van der Waals surface area contributed by atoms with E-state index in [0.29, 0.717) is 34.4 Å². The normalized spacial score (nSPS) is 14.8. The Bertz CT molecular complexity index is 1270. The van der Waals surface area contributed by atoms with Crippen LogP contribution in [0.1, 0.15) is 18.1 Å². The van der Waals surface area contributed by atoms with Crippen LogP contribution in [0.5, 0.6) is 11.5 Å². The van der Waals surface area contributed by atoms with Crippen molar-refractivity contribution >= 4 is 41.2 Å². The Labute approximate surface area is 201 Å². The van der Waals surface area contributed by atoms with Crippen LogP contribution in [0.15, 0.2) is 78.4 Å². The van der Waals surface area contributed by atoms with Gasteiger partial charge in [-0.05, 0) is 60.5 Å². The molecule has 1 aliphatic rings. The molecule has 4 amide bonds. The molecule has 7 nitrogen and oxygen atoms in total. The Morgan fingerprint density at radius 2 is 1.71 bits per heavy atom. The highest BCUT2D eigenvalue weighted by Gasteiger charge is 2.36. The standard InChI is InChI=1S/C26H21ClN2O5/c1-2-33-23-15-17(11-12-22(23)34-16-18-7-6-8-19(27)13-18)14-21-24(30)28-26(32)29(25(21)31)20-9-4-3-5-10-20/h3-15H,2,16H2,1H3,(H,28,30,32)/b21-14+. The zero-order chi connectivity index (χ0) is 24.1. The summed E-state index contributed by atoms with van der Waals surface area (Å²) in [6.45, 7) is 2.52. The monoisotopic (exact) mass is 476 g/mol. The van der Waals surface area contributed by atoms with Crippen LogP contribution in [0, 0.1) is 0 Å². The van der Waals surface area contributed by atoms with Gasteiger partial charge in [0.05, 0.1) is 12.3 Å². The minimum Gasteiger partial charge on any atom is -0.490 e. The molecule has 4 rings (SSSR count). The Morgan fingerprint density at radius 3 is 2.44 bits per heavy atom. The molecule has 8 heteroatoms. The van der Waals surface area contributed by atoms with Crippen LogP contribution in [0.3, 0.4) is 0 Å². The lowest BCUT2D eigenvalue weighted by molar-refractivity contribution is -0.122. The molecule has 1 heterocycles. The fourth-order valence-corrected chi connectivity index (χ4v) is 3.64. The average molecular weight is 477 g/mol. The number of nitrogens with one attached hydrogen (secondary N) is 1. The second kappa shape index (κ2) is 10.2. The number of carbonyl (C=O) groups is 3. The van der Waals surface area contributed by atoms with Crippen molar-refractivity contribution in [3.63, 3.8) is 0 Å². The summed E-state index contributed by atoms with van der Waals surface area (Å²) in [6, 6.07) is 20.0. The van der Waals surface area contributed by atoms with Crippen LogP contribution in [-0.4, -0.2) is 24.5 Å². The molecule has 3 aromatic rings. The largest absolute Gasteiger partial charge is 0.490 e. The number of imide groups is 2. The summed E-state index contributed by atoms with van der Waals surface area (Å²) >= 11 is 6.03. The Morgan fingerprint density at radius 1 is 0.912 bits per heavy atom. The first-order valence-corrected chi connectivity index (χ1v) is 10.9. The molecule has 1 fully saturated rings. The Hall–Kier alpha value is -4.10. The highest BCUT2D eigenvalue weighted by molar-refractivity contribution is 6.39. The first-order valence-electron chi connectivity index (χ1n) is 10.6. The summed E-state index contributed by atoms with van der Waals surface area (Å²) in [5, 5.41) is 2.83. The third-order valence-electron chi connectivity index (χ3n) is 4.98. The van der Waals surface area contributed by atoms with Crippen LogP contribution in [-0.2, 0) is 16.2 Å². The number of urea groups is 1. The van der Waals surface area contributed by atoms with Crippen LogP contribution in [0.2, 0.25) is 5.02 Å². The molecule has 1 N–H and O–H groups in total. The first kappa shape index (κ1) is 23.1. The number of benzene rings is 3. The molecule has 0 spiro atoms. The maximum atomic E-state index is 13.0. The van der Waals surface area contributed by atoms with Crippen molar-refractivity contribution in [2.24, 2.45) is 0 Å². The number of ether oxygens (including phenoxy) is 2. The number of amides is 4. The van der Waals surface area contributed by atoms with Crippen molar-refractivity contribution in [3.8, 4) is 11.5 Å². The quantitative estimate of drug-likeness (QED) is 0.384. The number of barbiturate groups is 1. The Kier molecular flexibility index (Phi) is 6.94. The van der Waals surface area contributed by atoms with Gasteiger partial charge in [-0.15, -0.1) is 0 Å². The minimum absolute atomic E-state index is 0.168. The van der Waals surface area contributed by atoms with Crippen molar-refractivity contribution in [1.29, 1.82) is 0 Å². The number of hydrogen-bond acceptors (Lipinski definition) is 5. The first-order chi connectivity index (χ1) is 16.5. The van der Waals surface area contributed by atoms with E-state index < -0.39 is 17.8 Å². The molecule has 0 aliphatic carbocycles. The van der Waals surface area contributed by atoms with Gasteiger partial charge < -0.3 is 9.47 Å². The third kappa shape index (κ3) is 5.10. The van der Waals surface area contributed by atoms with Gasteiger partial charge in [-0.3, -0.25) is 14.9 Å². The van der Waals surface area contributed by atoms with E-state index in [1.165, 1.54) is 6.08 Å². The number of halogens is 1. The van der Waals surface area contributed by atoms with E-state index in [1.807, 2.05) is 25.1 Å². The molecule has 0 aromatic heterocycles. The summed E-state index contributed by atoms with van der Waals surface area (Å²) in [5.41, 5.74) is 1.64. The van der Waals surface area contributed by atoms with Crippen LogP contribution < -0.4 is 19.7 Å². The number of carbonyl (C=O) groups excluding carboxylic acids is 3. The number of rotatable bonds is 7. The number of hydrogen-bond donors (Lipinski definition) is 1. The van der Waals surface area contributed by atoms with Gasteiger partial charge in [-0.2, -0.15) is 0 Å². The summed E-state index contributed by atoms with van der Waals surface area (Å²) in [6.07, 6.45) is 1.42. The van der Waals surface area contributed by atoms with Gasteiger partial charge in [0.2, 0.25) is 0 Å². The highest BCUT2D eigenvalue weighted by Crippen LogP contribution is 2.31. The fraction of sp³-hybridized carbons (Fsp3) is 0.115. The van der Waals surface area contributed by atoms with Gasteiger partial charge in [0.25, 0.3) is 11.8 Å². The van der Waals surface area contributed by atoms with Gasteiger partial charge in [0.1, 0.15) is 12.2 Å². The lowest BCUT2D eigenvalue weighted by Gasteiger charge is -2.26. The topological polar surface area (TPSA) is 84.9 Å². The number of nitrogens with zero attached hydrogens (tertiary/aromatic N) is 1. The van der Waals surface area contributed by atoms with Crippen LogP contribution in [0.4, 0.5) is 10.5 Å². The SMILES string of the molecule is CCOc1cc(/C=C2\C(=O)NC(=O)N(c3ccccc3)C2=O)ccc1OCc1cccc(Cl)c1. The van der Waals surface area contributed by atoms with E-state index in [0.717, 1.165) is 10.5 Å². The van der Waals surface area contributed by atoms with Crippen molar-refractivity contribution in [1.82, 2.24) is 5.32 Å². The van der Waals surface area contributed by atoms with E-state index in [2.05, 4.69) is 5.32 Å². The highest BCUT2D eigenvalue weighted by atomic mass is 35.5. The molecule has 0 atom stereocenters. The number of para-hydroxylation sites is 1. The summed E-state index contributed by atoms with van der Waals surface area (Å²) in [4.78, 5) is 38.7. The second-order valence-electron chi connectivity index (χ2n) is 7.35. The van der Waals surface area contributed by atoms with E-state index >= 15 is 0 Å². The number of anilines is 1. The van der Waals surface area contributed by atoms with Crippen molar-refractivity contribution < 1.29 is 23.9 Å². The zero-order valence-electron chi connectivity index (χ0n) is 18.3. The second-order valence-corrected chi connectivity index (χ2v) is 7.79. The van der Waals surface area contributed by atoms with Gasteiger partial charge >= 0.3 is 6.03 Å². The average Bonchev–Trinajstić information content (AvgIpc) is 2.82. The molecule has 0 saturated carbocycles. The molecular formula is C26H21ClN2O5. The molecule has 3 aromatic carbocycles. The molecule has 172 valence electrons. The predicted octanol–water partition coefficient (Wildman–Crippen LogP) is 4.98. The molecule has 1 saturated heterocycles. The summed E-state index contributed by atoms with van der Waals surface area (Å²) < 4.78 is 11.6. The zero-order valence-corrected chi connectivity index (χ0v) is 19.0. The van der Waals surface area contributed by atoms with E-state index in [4.69, 9.17) is 21.1 Å². The molecule has 1 aliphatic heterocycles. The van der Waals surface area contributed by atoms with Crippen molar-refractivity contribution in [3.05, 3.63) is 94.5 Å². The lowest BCUT2D eigenvalue weighted by atomic mass is 10.1. The fourth-order valence-electron chi connectivity index (χ4n) is 3.43. The van der Waals surface area contributed by atoms with E-state index in [-0.39, 0.29) is 12.2 Å². The maximum absolute atomic E-state index is 13.0. The molecule has 34 heavy (non-hydrogen) atoms. The van der Waals surface area contributed by atoms with E-state index in [9.17, 15) is 14.4 Å². The van der Waals surface area contributed by atoms with Crippen LogP contribution in [0.25, 0.3) is 6.08 Å². The molecule has 0 bridgehead atoms. The van der Waals surface area contributed by atoms with Gasteiger partial charge in [0.15, 0.2) is 11.5 Å². The van der Waals surface area contributed by atoms with E-state index in [1.54, 1.807) is 54.6 Å². The minimum atomic E-state index is -0.793.